The molecule has 0 amide bonds. The van der Waals surface area contributed by atoms with E-state index < -0.39 is 0 Å². The van der Waals surface area contributed by atoms with Gasteiger partial charge >= 0.3 is 0 Å². The van der Waals surface area contributed by atoms with Crippen LogP contribution in [0.5, 0.6) is 0 Å². The van der Waals surface area contributed by atoms with Crippen molar-refractivity contribution in [2.45, 2.75) is 26.3 Å². The van der Waals surface area contributed by atoms with Crippen LogP contribution >= 0.6 is 0 Å². The van der Waals surface area contributed by atoms with E-state index in [0.29, 0.717) is 0 Å². The molecule has 1 N–H and O–H groups in total. The highest BCUT2D eigenvalue weighted by atomic mass is 15.4. The maximum absolute atomic E-state index is 4.22. The first-order chi connectivity index (χ1) is 8.74. The van der Waals surface area contributed by atoms with Crippen LogP contribution in [0.2, 0.25) is 0 Å². The van der Waals surface area contributed by atoms with Crippen molar-refractivity contribution in [3.8, 4) is 0 Å². The number of nitrogens with one attached hydrogen (secondary N) is 1. The van der Waals surface area contributed by atoms with Crippen LogP contribution in [0.25, 0.3) is 0 Å². The van der Waals surface area contributed by atoms with Gasteiger partial charge in [0, 0.05) is 19.4 Å². The molecule has 0 radical (unpaired) electrons. The molecule has 2 rings (SSSR count). The number of hydrogen-bond acceptors (Lipinski definition) is 4. The van der Waals surface area contributed by atoms with Crippen LogP contribution in [-0.2, 0) is 7.05 Å². The van der Waals surface area contributed by atoms with E-state index in [1.54, 1.807) is 10.9 Å². The minimum absolute atomic E-state index is 0.0960. The first-order valence-corrected chi connectivity index (χ1v) is 6.22. The van der Waals surface area contributed by atoms with Crippen molar-refractivity contribution >= 4 is 0 Å². The summed E-state index contributed by atoms with van der Waals surface area (Å²) in [6, 6.07) is 2.12. The van der Waals surface area contributed by atoms with Gasteiger partial charge in [0.15, 0.2) is 0 Å². The van der Waals surface area contributed by atoms with Crippen LogP contribution in [0, 0.1) is 6.92 Å². The lowest BCUT2D eigenvalue weighted by Gasteiger charge is -2.20. The van der Waals surface area contributed by atoms with Crippen molar-refractivity contribution < 1.29 is 0 Å². The Morgan fingerprint density at radius 3 is 2.83 bits per heavy atom. The van der Waals surface area contributed by atoms with E-state index in [2.05, 4.69) is 34.5 Å². The van der Waals surface area contributed by atoms with Gasteiger partial charge in [-0.05, 0) is 37.1 Å². The lowest BCUT2D eigenvalue weighted by atomic mass is 10.0. The average molecular weight is 245 g/mol. The van der Waals surface area contributed by atoms with Crippen molar-refractivity contribution in [2.75, 3.05) is 6.54 Å². The molecule has 2 aromatic rings. The highest BCUT2D eigenvalue weighted by Gasteiger charge is 2.19. The lowest BCUT2D eigenvalue weighted by Crippen LogP contribution is -2.26. The van der Waals surface area contributed by atoms with Gasteiger partial charge in [-0.3, -0.25) is 9.67 Å². The largest absolute Gasteiger partial charge is 0.305 e. The van der Waals surface area contributed by atoms with Crippen molar-refractivity contribution in [3.63, 3.8) is 0 Å². The average Bonchev–Trinajstić information content (AvgIpc) is 2.78. The van der Waals surface area contributed by atoms with Crippen LogP contribution in [-0.4, -0.2) is 26.5 Å². The number of aromatic nitrogens is 4. The summed E-state index contributed by atoms with van der Waals surface area (Å²) in [5.41, 5.74) is 3.45. The SMILES string of the molecule is CCCNC(c1cnccc1C)c1cnnn1C. The van der Waals surface area contributed by atoms with E-state index in [4.69, 9.17) is 0 Å². The topological polar surface area (TPSA) is 55.6 Å². The van der Waals surface area contributed by atoms with E-state index in [9.17, 15) is 0 Å². The monoisotopic (exact) mass is 245 g/mol. The molecular formula is C13H19N5. The van der Waals surface area contributed by atoms with Gasteiger partial charge in [0.2, 0.25) is 0 Å². The maximum atomic E-state index is 4.22. The molecule has 0 aliphatic rings. The quantitative estimate of drug-likeness (QED) is 0.869. The number of rotatable bonds is 5. The molecule has 96 valence electrons. The van der Waals surface area contributed by atoms with E-state index in [0.717, 1.165) is 18.7 Å². The summed E-state index contributed by atoms with van der Waals surface area (Å²) < 4.78 is 1.81. The molecule has 1 atom stereocenters. The van der Waals surface area contributed by atoms with Gasteiger partial charge in [-0.1, -0.05) is 12.1 Å². The molecular weight excluding hydrogens is 226 g/mol. The molecule has 0 saturated carbocycles. The third kappa shape index (κ3) is 2.56. The lowest BCUT2D eigenvalue weighted by molar-refractivity contribution is 0.547. The summed E-state index contributed by atoms with van der Waals surface area (Å²) in [5, 5.41) is 11.5. The Hall–Kier alpha value is -1.75. The zero-order chi connectivity index (χ0) is 13.0. The molecule has 0 aromatic carbocycles. The van der Waals surface area contributed by atoms with Crippen LogP contribution in [0.4, 0.5) is 0 Å². The Morgan fingerprint density at radius 1 is 1.39 bits per heavy atom. The second-order valence-electron chi connectivity index (χ2n) is 4.40. The van der Waals surface area contributed by atoms with E-state index in [-0.39, 0.29) is 6.04 Å². The Balaban J connectivity index is 2.37. The fourth-order valence-corrected chi connectivity index (χ4v) is 2.00. The summed E-state index contributed by atoms with van der Waals surface area (Å²) in [5.74, 6) is 0. The minimum atomic E-state index is 0.0960. The molecule has 0 aliphatic heterocycles. The molecule has 0 saturated heterocycles. The molecule has 0 fully saturated rings. The molecule has 2 heterocycles. The standard InChI is InChI=1S/C13H19N5/c1-4-6-15-13(12-9-16-17-18(12)3)11-8-14-7-5-10(11)2/h5,7-9,13,15H,4,6H2,1-3H3. The summed E-state index contributed by atoms with van der Waals surface area (Å²) in [6.45, 7) is 5.20. The summed E-state index contributed by atoms with van der Waals surface area (Å²) >= 11 is 0. The Morgan fingerprint density at radius 2 is 2.22 bits per heavy atom. The van der Waals surface area contributed by atoms with Crippen LogP contribution in [0.1, 0.15) is 36.2 Å². The van der Waals surface area contributed by atoms with Crippen molar-refractivity contribution in [1.29, 1.82) is 0 Å². The van der Waals surface area contributed by atoms with Gasteiger partial charge in [-0.25, -0.2) is 0 Å². The normalized spacial score (nSPS) is 12.6. The minimum Gasteiger partial charge on any atom is -0.305 e. The fraction of sp³-hybridized carbons (Fsp3) is 0.462. The number of aryl methyl sites for hydroxylation is 2. The van der Waals surface area contributed by atoms with Gasteiger partial charge in [-0.15, -0.1) is 5.10 Å². The third-order valence-electron chi connectivity index (χ3n) is 3.03. The molecule has 0 spiro atoms. The van der Waals surface area contributed by atoms with Crippen LogP contribution < -0.4 is 5.32 Å². The fourth-order valence-electron chi connectivity index (χ4n) is 2.00. The first-order valence-electron chi connectivity index (χ1n) is 6.22. The molecule has 5 heteroatoms. The zero-order valence-corrected chi connectivity index (χ0v) is 11.1. The number of hydrogen-bond donors (Lipinski definition) is 1. The van der Waals surface area contributed by atoms with E-state index in [1.807, 2.05) is 25.5 Å². The predicted molar refractivity (Wildman–Crippen MR) is 70.1 cm³/mol. The highest BCUT2D eigenvalue weighted by Crippen LogP contribution is 2.22. The Labute approximate surface area is 107 Å². The third-order valence-corrected chi connectivity index (χ3v) is 3.03. The number of pyridine rings is 1. The van der Waals surface area contributed by atoms with Crippen molar-refractivity contribution in [2.24, 2.45) is 7.05 Å². The smallest absolute Gasteiger partial charge is 0.0799 e. The molecule has 18 heavy (non-hydrogen) atoms. The van der Waals surface area contributed by atoms with Crippen LogP contribution in [0.15, 0.2) is 24.7 Å². The van der Waals surface area contributed by atoms with Crippen molar-refractivity contribution in [3.05, 3.63) is 41.5 Å². The van der Waals surface area contributed by atoms with Gasteiger partial charge in [0.25, 0.3) is 0 Å². The van der Waals surface area contributed by atoms with E-state index in [1.165, 1.54) is 11.1 Å². The molecule has 0 aliphatic carbocycles. The second kappa shape index (κ2) is 5.73. The van der Waals surface area contributed by atoms with Gasteiger partial charge in [0.1, 0.15) is 0 Å². The Bertz CT molecular complexity index is 506. The molecule has 2 aromatic heterocycles. The highest BCUT2D eigenvalue weighted by molar-refractivity contribution is 5.31. The molecule has 1 unspecified atom stereocenters. The summed E-state index contributed by atoms with van der Waals surface area (Å²) in [4.78, 5) is 4.22. The zero-order valence-electron chi connectivity index (χ0n) is 11.1. The van der Waals surface area contributed by atoms with Crippen LogP contribution in [0.3, 0.4) is 0 Å². The second-order valence-corrected chi connectivity index (χ2v) is 4.40. The predicted octanol–water partition coefficient (Wildman–Crippen LogP) is 1.61. The summed E-state index contributed by atoms with van der Waals surface area (Å²) in [6.07, 6.45) is 6.62. The molecule has 5 nitrogen and oxygen atoms in total. The Kier molecular flexibility index (Phi) is 4.04. The molecule has 0 bridgehead atoms. The summed E-state index contributed by atoms with van der Waals surface area (Å²) in [7, 11) is 1.91. The first kappa shape index (κ1) is 12.7. The van der Waals surface area contributed by atoms with Crippen molar-refractivity contribution in [1.82, 2.24) is 25.3 Å². The van der Waals surface area contributed by atoms with Gasteiger partial charge in [-0.2, -0.15) is 0 Å². The van der Waals surface area contributed by atoms with Gasteiger partial charge < -0.3 is 5.32 Å². The van der Waals surface area contributed by atoms with E-state index >= 15 is 0 Å². The maximum Gasteiger partial charge on any atom is 0.0799 e. The number of nitrogens with zero attached hydrogens (tertiary/aromatic N) is 4. The van der Waals surface area contributed by atoms with Gasteiger partial charge in [0.05, 0.1) is 17.9 Å².